The third kappa shape index (κ3) is 14.8. The van der Waals surface area contributed by atoms with Gasteiger partial charge in [0, 0.05) is 29.9 Å². The Morgan fingerprint density at radius 3 is 1.76 bits per heavy atom. The molecule has 1 aromatic heterocycles. The standard InChI is InChI=1S/C51H59N7O10/c1-5-31(3)45(49(64)56-42(51(66)67)26-37-28-52-39-20-14-13-19-38(37)39)58-50(65)46(32(4)6-2)57-48(63)41(27-44(60)61)55-47(62)40(25-33-15-9-7-10-16-33)54-43(59)29-53-68-30-34-21-23-36(24-22-34)35-17-11-8-12-18-35/h7-24,28-29,31-32,40-42,45-46,52H,5-6,25-27,30H2,1-4H3,(H,54,59)(H,55,62)(H,56,64)(H,57,63)(H,58,65)(H,60,61)(H,66,67)/b53-29+/t31-,32-,40-,41-,42-,45-,46-/m0/s1. The number of carbonyl (C=O) groups excluding carboxylic acids is 5. The Kier molecular flexibility index (Phi) is 19.0. The number of hydrogen-bond acceptors (Lipinski definition) is 9. The Morgan fingerprint density at radius 1 is 0.603 bits per heavy atom. The van der Waals surface area contributed by atoms with E-state index in [1.54, 1.807) is 64.2 Å². The molecule has 4 aromatic carbocycles. The quantitative estimate of drug-likeness (QED) is 0.0290. The van der Waals surface area contributed by atoms with Crippen molar-refractivity contribution in [2.45, 2.75) is 96.6 Å². The highest BCUT2D eigenvalue weighted by Crippen LogP contribution is 2.21. The third-order valence-corrected chi connectivity index (χ3v) is 11.8. The number of carbonyl (C=O) groups is 7. The van der Waals surface area contributed by atoms with Crippen LogP contribution in [0.25, 0.3) is 22.0 Å². The van der Waals surface area contributed by atoms with E-state index in [2.05, 4.69) is 36.7 Å². The van der Waals surface area contributed by atoms with E-state index in [9.17, 15) is 43.8 Å². The molecule has 0 bridgehead atoms. The van der Waals surface area contributed by atoms with Gasteiger partial charge in [-0.05, 0) is 45.7 Å². The van der Waals surface area contributed by atoms with E-state index in [0.717, 1.165) is 33.8 Å². The number of hydrogen-bond donors (Lipinski definition) is 8. The molecule has 7 atom stereocenters. The highest BCUT2D eigenvalue weighted by Gasteiger charge is 2.36. The molecule has 0 aliphatic heterocycles. The van der Waals surface area contributed by atoms with Crippen molar-refractivity contribution in [1.29, 1.82) is 0 Å². The zero-order valence-corrected chi connectivity index (χ0v) is 38.4. The molecule has 0 spiro atoms. The van der Waals surface area contributed by atoms with Crippen LogP contribution in [-0.4, -0.2) is 93.1 Å². The van der Waals surface area contributed by atoms with Crippen LogP contribution in [0.15, 0.2) is 121 Å². The van der Waals surface area contributed by atoms with Crippen LogP contribution in [-0.2, 0) is 57.8 Å². The second kappa shape index (κ2) is 25.2. The summed E-state index contributed by atoms with van der Waals surface area (Å²) in [5.41, 5.74) is 4.98. The summed E-state index contributed by atoms with van der Waals surface area (Å²) in [6.07, 6.45) is 2.33. The van der Waals surface area contributed by atoms with Crippen molar-refractivity contribution in [2.75, 3.05) is 0 Å². The summed E-state index contributed by atoms with van der Waals surface area (Å²) >= 11 is 0. The predicted octanol–water partition coefficient (Wildman–Crippen LogP) is 4.90. The highest BCUT2D eigenvalue weighted by atomic mass is 16.6. The zero-order valence-electron chi connectivity index (χ0n) is 38.4. The number of oxime groups is 1. The fourth-order valence-corrected chi connectivity index (χ4v) is 7.43. The average Bonchev–Trinajstić information content (AvgIpc) is 3.75. The number of carboxylic acids is 2. The number of nitrogens with one attached hydrogen (secondary N) is 6. The summed E-state index contributed by atoms with van der Waals surface area (Å²) in [5.74, 6) is -8.00. The van der Waals surface area contributed by atoms with Crippen LogP contribution in [0.2, 0.25) is 0 Å². The van der Waals surface area contributed by atoms with Crippen molar-refractivity contribution in [2.24, 2.45) is 17.0 Å². The van der Waals surface area contributed by atoms with E-state index in [0.29, 0.717) is 24.0 Å². The lowest BCUT2D eigenvalue weighted by Crippen LogP contribution is -2.61. The second-order valence-electron chi connectivity index (χ2n) is 16.7. The van der Waals surface area contributed by atoms with E-state index in [1.807, 2.05) is 78.9 Å². The molecule has 17 nitrogen and oxygen atoms in total. The van der Waals surface area contributed by atoms with Crippen molar-refractivity contribution in [3.8, 4) is 11.1 Å². The highest BCUT2D eigenvalue weighted by molar-refractivity contribution is 6.26. The number of aromatic nitrogens is 1. The monoisotopic (exact) mass is 929 g/mol. The summed E-state index contributed by atoms with van der Waals surface area (Å²) in [6.45, 7) is 7.01. The first-order valence-corrected chi connectivity index (χ1v) is 22.5. The first-order chi connectivity index (χ1) is 32.7. The van der Waals surface area contributed by atoms with Gasteiger partial charge in [-0.1, -0.05) is 149 Å². The molecule has 5 aromatic rings. The van der Waals surface area contributed by atoms with Crippen molar-refractivity contribution >= 4 is 58.6 Å². The Labute approximate surface area is 394 Å². The first kappa shape index (κ1) is 51.2. The minimum absolute atomic E-state index is 0.0437. The van der Waals surface area contributed by atoms with Crippen molar-refractivity contribution in [3.63, 3.8) is 0 Å². The molecule has 0 radical (unpaired) electrons. The van der Waals surface area contributed by atoms with Crippen LogP contribution in [0.3, 0.4) is 0 Å². The molecule has 0 saturated carbocycles. The lowest BCUT2D eigenvalue weighted by Gasteiger charge is -2.30. The van der Waals surface area contributed by atoms with Crippen LogP contribution in [0.5, 0.6) is 0 Å². The van der Waals surface area contributed by atoms with Gasteiger partial charge in [0.05, 0.1) is 6.42 Å². The summed E-state index contributed by atoms with van der Waals surface area (Å²) in [6, 6.07) is 26.5. The average molecular weight is 930 g/mol. The third-order valence-electron chi connectivity index (χ3n) is 11.8. The molecule has 0 fully saturated rings. The normalized spacial score (nSPS) is 14.3. The minimum Gasteiger partial charge on any atom is -0.481 e. The molecule has 17 heteroatoms. The number of nitrogens with zero attached hydrogens (tertiary/aromatic N) is 1. The topological polar surface area (TPSA) is 257 Å². The van der Waals surface area contributed by atoms with E-state index in [-0.39, 0.29) is 19.4 Å². The fourth-order valence-electron chi connectivity index (χ4n) is 7.43. The Bertz CT molecular complexity index is 2530. The maximum atomic E-state index is 14.1. The van der Waals surface area contributed by atoms with E-state index in [4.69, 9.17) is 4.84 Å². The van der Waals surface area contributed by atoms with E-state index < -0.39 is 89.9 Å². The fraction of sp³-hybridized carbons (Fsp3) is 0.333. The number of aliphatic carboxylic acids is 2. The number of amides is 5. The Balaban J connectivity index is 1.26. The van der Waals surface area contributed by atoms with Crippen molar-refractivity contribution < 1.29 is 48.6 Å². The molecule has 5 amide bonds. The Hall–Kier alpha value is -7.82. The molecular weight excluding hydrogens is 871 g/mol. The number of aromatic amines is 1. The number of benzene rings is 4. The van der Waals surface area contributed by atoms with Gasteiger partial charge in [0.15, 0.2) is 0 Å². The molecule has 0 aliphatic rings. The van der Waals surface area contributed by atoms with Gasteiger partial charge in [0.2, 0.25) is 23.6 Å². The molecule has 0 saturated heterocycles. The number of carboxylic acid groups (broad SMARTS) is 2. The van der Waals surface area contributed by atoms with Gasteiger partial charge < -0.3 is 46.6 Å². The molecule has 0 aliphatic carbocycles. The summed E-state index contributed by atoms with van der Waals surface area (Å²) in [7, 11) is 0. The van der Waals surface area contributed by atoms with E-state index in [1.165, 1.54) is 0 Å². The van der Waals surface area contributed by atoms with Gasteiger partial charge in [-0.3, -0.25) is 28.8 Å². The van der Waals surface area contributed by atoms with Gasteiger partial charge in [0.1, 0.15) is 43.0 Å². The minimum atomic E-state index is -1.71. The summed E-state index contributed by atoms with van der Waals surface area (Å²) in [4.78, 5) is 102. The molecule has 8 N–H and O–H groups in total. The van der Waals surface area contributed by atoms with E-state index >= 15 is 0 Å². The van der Waals surface area contributed by atoms with Gasteiger partial charge in [-0.2, -0.15) is 0 Å². The summed E-state index contributed by atoms with van der Waals surface area (Å²) in [5, 5.41) is 37.4. The maximum Gasteiger partial charge on any atom is 0.326 e. The predicted molar refractivity (Wildman–Crippen MR) is 256 cm³/mol. The largest absolute Gasteiger partial charge is 0.481 e. The van der Waals surface area contributed by atoms with Crippen LogP contribution >= 0.6 is 0 Å². The number of para-hydroxylation sites is 1. The SMILES string of the molecule is CC[C@H](C)[C@H](NC(=O)[C@H](CC(=O)O)NC(=O)[C@H](Cc1ccccc1)NC(=O)/C=N/OCc1ccc(-c2ccccc2)cc1)C(=O)N[C@H](C(=O)N[C@@H](Cc1c[nH]c2ccccc12)C(=O)O)[C@@H](C)CC. The number of rotatable bonds is 25. The lowest BCUT2D eigenvalue weighted by atomic mass is 9.94. The van der Waals surface area contributed by atoms with Crippen LogP contribution in [0.1, 0.15) is 63.6 Å². The lowest BCUT2D eigenvalue weighted by molar-refractivity contribution is -0.142. The molecular formula is C51H59N7O10. The Morgan fingerprint density at radius 2 is 1.15 bits per heavy atom. The maximum absolute atomic E-state index is 14.1. The van der Waals surface area contributed by atoms with Gasteiger partial charge in [-0.25, -0.2) is 4.79 Å². The molecule has 5 rings (SSSR count). The van der Waals surface area contributed by atoms with Crippen molar-refractivity contribution in [3.05, 3.63) is 132 Å². The van der Waals surface area contributed by atoms with Crippen LogP contribution in [0.4, 0.5) is 0 Å². The smallest absolute Gasteiger partial charge is 0.326 e. The first-order valence-electron chi connectivity index (χ1n) is 22.5. The van der Waals surface area contributed by atoms with Crippen LogP contribution in [0, 0.1) is 11.8 Å². The van der Waals surface area contributed by atoms with Gasteiger partial charge in [0.25, 0.3) is 5.91 Å². The molecule has 358 valence electrons. The molecule has 68 heavy (non-hydrogen) atoms. The molecule has 1 heterocycles. The second-order valence-corrected chi connectivity index (χ2v) is 16.7. The molecule has 0 unspecified atom stereocenters. The van der Waals surface area contributed by atoms with Crippen molar-refractivity contribution in [1.82, 2.24) is 31.6 Å². The summed E-state index contributed by atoms with van der Waals surface area (Å²) < 4.78 is 0. The van der Waals surface area contributed by atoms with Gasteiger partial charge >= 0.3 is 11.9 Å². The van der Waals surface area contributed by atoms with Crippen LogP contribution < -0.4 is 26.6 Å². The number of fused-ring (bicyclic) bond motifs is 1. The zero-order chi connectivity index (χ0) is 49.2. The number of H-pyrrole nitrogens is 1. The van der Waals surface area contributed by atoms with Gasteiger partial charge in [-0.15, -0.1) is 0 Å².